The normalized spacial score (nSPS) is 12.6. The number of halogens is 3. The molecule has 1 atom stereocenters. The molecule has 0 fully saturated rings. The van der Waals surface area contributed by atoms with Crippen LogP contribution in [0.15, 0.2) is 90.0 Å². The number of carboxylic acid groups (broad SMARTS) is 1. The zero-order chi connectivity index (χ0) is 35.5. The molecule has 48 heavy (non-hydrogen) atoms. The zero-order valence-corrected chi connectivity index (χ0v) is 27.6. The number of aliphatic hydroxyl groups excluding tert-OH is 1. The smallest absolute Gasteiger partial charge is 0.475 e. The number of fused-ring (bicyclic) bond motifs is 1. The van der Waals surface area contributed by atoms with Crippen molar-refractivity contribution in [3.05, 3.63) is 96.2 Å². The number of sulfonamides is 1. The second-order valence-electron chi connectivity index (χ2n) is 11.6. The number of esters is 1. The number of β-amino-alcohol motifs (C(OH)–C–C–N with tert-alkyl or cyclic N) is 1. The number of nitrogens with one attached hydrogen (secondary N) is 2. The Morgan fingerprint density at radius 1 is 0.979 bits per heavy atom. The van der Waals surface area contributed by atoms with Gasteiger partial charge in [0.1, 0.15) is 0 Å². The highest BCUT2D eigenvalue weighted by molar-refractivity contribution is 7.92. The molecule has 3 aromatic carbocycles. The predicted octanol–water partition coefficient (Wildman–Crippen LogP) is 6.52. The minimum Gasteiger partial charge on any atom is -0.475 e. The third-order valence-corrected chi connectivity index (χ3v) is 8.71. The Balaban J connectivity index is 0.000000804. The number of carbonyl (C=O) groups is 2. The highest BCUT2D eigenvalue weighted by atomic mass is 32.2. The van der Waals surface area contributed by atoms with E-state index in [0.29, 0.717) is 30.0 Å². The molecule has 1 heterocycles. The van der Waals surface area contributed by atoms with Crippen LogP contribution in [0.3, 0.4) is 0 Å². The standard InChI is InChI=1S/C32H39N3O5S.C2HF3O2/c1-4-5-20-40-31(37)26-14-15-29-24(21-26)16-18-35(29)19-17-32(2,3)33-23-30(36)25-10-9-11-27(22-25)34-41(38,39)28-12-7-6-8-13-28;3-2(4,5)1(6)7/h6-16,18,21-22,30,33-34,36H,4-5,17,19-20,23H2,1-3H3;(H,6,7). The number of aryl methyl sites for hydroxylation is 1. The van der Waals surface area contributed by atoms with Gasteiger partial charge >= 0.3 is 18.1 Å². The lowest BCUT2D eigenvalue weighted by Gasteiger charge is -2.28. The highest BCUT2D eigenvalue weighted by Crippen LogP contribution is 2.23. The van der Waals surface area contributed by atoms with Crippen LogP contribution in [0.2, 0.25) is 0 Å². The Bertz CT molecular complexity index is 1780. The SMILES string of the molecule is CCCCOC(=O)c1ccc2c(ccn2CCC(C)(C)NCC(O)c2cccc(NS(=O)(=O)c3ccccc3)c2)c1.O=C(O)C(F)(F)F. The number of hydrogen-bond donors (Lipinski definition) is 4. The summed E-state index contributed by atoms with van der Waals surface area (Å²) >= 11 is 0. The van der Waals surface area contributed by atoms with Crippen molar-refractivity contribution >= 4 is 38.6 Å². The first-order chi connectivity index (χ1) is 22.5. The molecule has 14 heteroatoms. The van der Waals surface area contributed by atoms with Gasteiger partial charge in [0, 0.05) is 41.4 Å². The molecule has 0 saturated heterocycles. The van der Waals surface area contributed by atoms with Gasteiger partial charge in [0.25, 0.3) is 10.0 Å². The molecule has 10 nitrogen and oxygen atoms in total. The number of carboxylic acids is 1. The minimum absolute atomic E-state index is 0.176. The maximum atomic E-state index is 12.7. The number of aromatic nitrogens is 1. The fourth-order valence-electron chi connectivity index (χ4n) is 4.52. The average Bonchev–Trinajstić information content (AvgIpc) is 3.45. The summed E-state index contributed by atoms with van der Waals surface area (Å²) in [4.78, 5) is 21.4. The first-order valence-corrected chi connectivity index (χ1v) is 16.7. The van der Waals surface area contributed by atoms with E-state index >= 15 is 0 Å². The van der Waals surface area contributed by atoms with E-state index in [1.807, 2.05) is 24.4 Å². The largest absolute Gasteiger partial charge is 0.490 e. The molecule has 0 radical (unpaired) electrons. The van der Waals surface area contributed by atoms with Crippen LogP contribution in [-0.4, -0.2) is 60.0 Å². The summed E-state index contributed by atoms with van der Waals surface area (Å²) in [5.41, 5.74) is 2.32. The van der Waals surface area contributed by atoms with Gasteiger partial charge in [-0.05, 0) is 80.8 Å². The van der Waals surface area contributed by atoms with Crippen molar-refractivity contribution in [2.24, 2.45) is 0 Å². The Morgan fingerprint density at radius 2 is 1.67 bits per heavy atom. The van der Waals surface area contributed by atoms with Crippen LogP contribution in [0.5, 0.6) is 0 Å². The zero-order valence-electron chi connectivity index (χ0n) is 26.8. The summed E-state index contributed by atoms with van der Waals surface area (Å²) in [6.45, 7) is 7.71. The molecular weight excluding hydrogens is 651 g/mol. The first-order valence-electron chi connectivity index (χ1n) is 15.2. The topological polar surface area (TPSA) is 147 Å². The number of alkyl halides is 3. The summed E-state index contributed by atoms with van der Waals surface area (Å²) in [5.74, 6) is -3.05. The Kier molecular flexibility index (Phi) is 13.2. The number of unbranched alkanes of at least 4 members (excludes halogenated alkanes) is 1. The summed E-state index contributed by atoms with van der Waals surface area (Å²) in [6.07, 6.45) is -1.26. The first kappa shape index (κ1) is 38.1. The molecule has 1 unspecified atom stereocenters. The van der Waals surface area contributed by atoms with E-state index in [9.17, 15) is 31.5 Å². The summed E-state index contributed by atoms with van der Waals surface area (Å²) < 4.78 is 67.2. The Hall–Kier alpha value is -4.40. The van der Waals surface area contributed by atoms with E-state index in [0.717, 1.165) is 36.7 Å². The van der Waals surface area contributed by atoms with E-state index in [2.05, 4.69) is 35.4 Å². The summed E-state index contributed by atoms with van der Waals surface area (Å²) in [6, 6.07) is 22.6. The molecule has 0 saturated carbocycles. The molecule has 4 rings (SSSR count). The molecule has 0 amide bonds. The van der Waals surface area contributed by atoms with Gasteiger partial charge in [-0.25, -0.2) is 18.0 Å². The van der Waals surface area contributed by atoms with Gasteiger partial charge in [-0.3, -0.25) is 4.72 Å². The maximum Gasteiger partial charge on any atom is 0.490 e. The molecule has 4 aromatic rings. The molecule has 0 spiro atoms. The van der Waals surface area contributed by atoms with Gasteiger partial charge in [0.15, 0.2) is 0 Å². The van der Waals surface area contributed by atoms with Gasteiger partial charge in [-0.15, -0.1) is 0 Å². The monoisotopic (exact) mass is 691 g/mol. The van der Waals surface area contributed by atoms with Crippen LogP contribution < -0.4 is 10.0 Å². The van der Waals surface area contributed by atoms with Crippen LogP contribution in [0.25, 0.3) is 10.9 Å². The van der Waals surface area contributed by atoms with Crippen molar-refractivity contribution in [1.29, 1.82) is 0 Å². The fraction of sp³-hybridized carbons (Fsp3) is 0.353. The number of rotatable bonds is 14. The van der Waals surface area contributed by atoms with E-state index in [4.69, 9.17) is 14.6 Å². The van der Waals surface area contributed by atoms with Crippen LogP contribution in [0, 0.1) is 0 Å². The number of ether oxygens (including phenoxy) is 1. The number of nitrogens with zero attached hydrogens (tertiary/aromatic N) is 1. The number of anilines is 1. The maximum absolute atomic E-state index is 12.7. The number of hydrogen-bond acceptors (Lipinski definition) is 7. The van der Waals surface area contributed by atoms with Crippen LogP contribution in [0.1, 0.15) is 62.1 Å². The number of carbonyl (C=O) groups excluding carboxylic acids is 1. The lowest BCUT2D eigenvalue weighted by Crippen LogP contribution is -2.42. The van der Waals surface area contributed by atoms with Crippen LogP contribution in [-0.2, 0) is 26.1 Å². The van der Waals surface area contributed by atoms with Gasteiger partial charge < -0.3 is 24.8 Å². The van der Waals surface area contributed by atoms with Gasteiger partial charge in [0.05, 0.1) is 23.2 Å². The van der Waals surface area contributed by atoms with Crippen molar-refractivity contribution in [2.75, 3.05) is 17.9 Å². The molecule has 0 aliphatic rings. The Morgan fingerprint density at radius 3 is 2.31 bits per heavy atom. The second-order valence-corrected chi connectivity index (χ2v) is 13.3. The number of benzene rings is 3. The van der Waals surface area contributed by atoms with Gasteiger partial charge in [-0.1, -0.05) is 43.7 Å². The molecule has 1 aromatic heterocycles. The molecule has 4 N–H and O–H groups in total. The third-order valence-electron chi connectivity index (χ3n) is 7.31. The van der Waals surface area contributed by atoms with Crippen LogP contribution in [0.4, 0.5) is 18.9 Å². The van der Waals surface area contributed by atoms with E-state index < -0.39 is 28.3 Å². The molecule has 260 valence electrons. The summed E-state index contributed by atoms with van der Waals surface area (Å²) in [5, 5.41) is 22.4. The quantitative estimate of drug-likeness (QED) is 0.0863. The third kappa shape index (κ3) is 11.4. The molecule has 0 aliphatic carbocycles. The predicted molar refractivity (Wildman–Crippen MR) is 176 cm³/mol. The lowest BCUT2D eigenvalue weighted by atomic mass is 9.99. The van der Waals surface area contributed by atoms with E-state index in [-0.39, 0.29) is 16.4 Å². The molecular formula is C34H40F3N3O7S. The van der Waals surface area contributed by atoms with Crippen molar-refractivity contribution in [3.8, 4) is 0 Å². The van der Waals surface area contributed by atoms with Crippen molar-refractivity contribution in [1.82, 2.24) is 9.88 Å². The van der Waals surface area contributed by atoms with E-state index in [1.165, 1.54) is 12.1 Å². The average molecular weight is 692 g/mol. The Labute approximate surface area is 277 Å². The molecule has 0 bridgehead atoms. The lowest BCUT2D eigenvalue weighted by molar-refractivity contribution is -0.192. The number of aliphatic hydroxyl groups is 1. The highest BCUT2D eigenvalue weighted by Gasteiger charge is 2.38. The summed E-state index contributed by atoms with van der Waals surface area (Å²) in [7, 11) is -3.72. The second kappa shape index (κ2) is 16.6. The fourth-order valence-corrected chi connectivity index (χ4v) is 5.59. The van der Waals surface area contributed by atoms with Crippen molar-refractivity contribution in [2.45, 2.75) is 69.3 Å². The van der Waals surface area contributed by atoms with Crippen molar-refractivity contribution < 1.29 is 46.1 Å². The molecule has 0 aliphatic heterocycles. The van der Waals surface area contributed by atoms with Crippen molar-refractivity contribution in [3.63, 3.8) is 0 Å². The van der Waals surface area contributed by atoms with Gasteiger partial charge in [0.2, 0.25) is 0 Å². The van der Waals surface area contributed by atoms with Gasteiger partial charge in [-0.2, -0.15) is 13.2 Å². The number of aliphatic carboxylic acids is 1. The minimum atomic E-state index is -5.08. The van der Waals surface area contributed by atoms with Crippen LogP contribution >= 0.6 is 0 Å². The van der Waals surface area contributed by atoms with E-state index in [1.54, 1.807) is 48.5 Å².